The van der Waals surface area contributed by atoms with Crippen molar-refractivity contribution in [2.24, 2.45) is 11.8 Å². The van der Waals surface area contributed by atoms with Crippen molar-refractivity contribution in [2.75, 3.05) is 5.32 Å². The van der Waals surface area contributed by atoms with Gasteiger partial charge in [-0.15, -0.1) is 0 Å². The third kappa shape index (κ3) is 2.76. The van der Waals surface area contributed by atoms with Gasteiger partial charge in [-0.25, -0.2) is 4.98 Å². The second-order valence-corrected chi connectivity index (χ2v) is 5.46. The molecule has 17 heavy (non-hydrogen) atoms. The van der Waals surface area contributed by atoms with Gasteiger partial charge in [0.05, 0.1) is 11.4 Å². The van der Waals surface area contributed by atoms with Gasteiger partial charge in [0, 0.05) is 12.2 Å². The van der Waals surface area contributed by atoms with Crippen LogP contribution in [0.2, 0.25) is 0 Å². The summed E-state index contributed by atoms with van der Waals surface area (Å²) in [4.78, 5) is 8.92. The van der Waals surface area contributed by atoms with E-state index in [4.69, 9.17) is 0 Å². The number of hydrogen-bond acceptors (Lipinski definition) is 3. The van der Waals surface area contributed by atoms with E-state index in [0.29, 0.717) is 12.0 Å². The summed E-state index contributed by atoms with van der Waals surface area (Å²) < 4.78 is 0. The van der Waals surface area contributed by atoms with Crippen LogP contribution in [0.25, 0.3) is 0 Å². The number of rotatable bonds is 2. The van der Waals surface area contributed by atoms with Crippen molar-refractivity contribution in [3.63, 3.8) is 0 Å². The molecule has 0 bridgehead atoms. The fourth-order valence-corrected chi connectivity index (χ4v) is 2.64. The Labute approximate surface area is 104 Å². The molecule has 0 aliphatic heterocycles. The molecule has 0 aromatic carbocycles. The van der Waals surface area contributed by atoms with Crippen LogP contribution in [0.15, 0.2) is 6.20 Å². The maximum absolute atomic E-state index is 4.55. The minimum Gasteiger partial charge on any atom is -0.366 e. The molecule has 2 rings (SSSR count). The Morgan fingerprint density at radius 1 is 1.24 bits per heavy atom. The fourth-order valence-electron chi connectivity index (χ4n) is 2.64. The van der Waals surface area contributed by atoms with E-state index in [-0.39, 0.29) is 0 Å². The van der Waals surface area contributed by atoms with Crippen molar-refractivity contribution < 1.29 is 0 Å². The molecular weight excluding hydrogens is 210 g/mol. The highest BCUT2D eigenvalue weighted by Crippen LogP contribution is 2.31. The summed E-state index contributed by atoms with van der Waals surface area (Å²) in [6, 6.07) is 0.550. The molecule has 3 atom stereocenters. The molecule has 3 nitrogen and oxygen atoms in total. The predicted molar refractivity (Wildman–Crippen MR) is 71.1 cm³/mol. The summed E-state index contributed by atoms with van der Waals surface area (Å²) in [5.41, 5.74) is 1.98. The topological polar surface area (TPSA) is 37.8 Å². The predicted octanol–water partition coefficient (Wildman–Crippen LogP) is 3.33. The van der Waals surface area contributed by atoms with Crippen molar-refractivity contribution in [2.45, 2.75) is 53.0 Å². The lowest BCUT2D eigenvalue weighted by molar-refractivity contribution is 0.252. The fraction of sp³-hybridized carbons (Fsp3) is 0.714. The Balaban J connectivity index is 2.11. The van der Waals surface area contributed by atoms with E-state index in [1.54, 1.807) is 0 Å². The Kier molecular flexibility index (Phi) is 3.65. The van der Waals surface area contributed by atoms with Gasteiger partial charge in [0.15, 0.2) is 0 Å². The number of anilines is 1. The first-order valence-corrected chi connectivity index (χ1v) is 6.64. The Morgan fingerprint density at radius 2 is 2.00 bits per heavy atom. The highest BCUT2D eigenvalue weighted by molar-refractivity contribution is 5.40. The van der Waals surface area contributed by atoms with Crippen molar-refractivity contribution >= 4 is 5.82 Å². The number of nitrogens with zero attached hydrogens (tertiary/aromatic N) is 2. The smallest absolute Gasteiger partial charge is 0.147 e. The van der Waals surface area contributed by atoms with Crippen LogP contribution >= 0.6 is 0 Å². The summed E-state index contributed by atoms with van der Waals surface area (Å²) in [5, 5.41) is 3.60. The van der Waals surface area contributed by atoms with Gasteiger partial charge in [-0.2, -0.15) is 0 Å². The molecule has 94 valence electrons. The van der Waals surface area contributed by atoms with Crippen LogP contribution in [-0.4, -0.2) is 16.0 Å². The molecular formula is C14H23N3. The minimum atomic E-state index is 0.550. The largest absolute Gasteiger partial charge is 0.366 e. The van der Waals surface area contributed by atoms with Gasteiger partial charge in [-0.3, -0.25) is 4.98 Å². The molecule has 0 unspecified atom stereocenters. The first-order chi connectivity index (χ1) is 8.08. The van der Waals surface area contributed by atoms with Crippen LogP contribution in [-0.2, 0) is 0 Å². The molecule has 1 aromatic rings. The summed E-state index contributed by atoms with van der Waals surface area (Å²) in [7, 11) is 0. The van der Waals surface area contributed by atoms with Gasteiger partial charge in [0.2, 0.25) is 0 Å². The third-order valence-corrected chi connectivity index (χ3v) is 4.10. The van der Waals surface area contributed by atoms with E-state index in [2.05, 4.69) is 29.1 Å². The standard InChI is InChI=1S/C14H23N3/c1-9-6-5-7-13(11(9)3)17-14-12(4)15-8-10(2)16-14/h8-9,11,13H,5-7H2,1-4H3,(H,16,17)/t9-,11-,13+/m0/s1. The van der Waals surface area contributed by atoms with E-state index in [1.165, 1.54) is 19.3 Å². The highest BCUT2D eigenvalue weighted by Gasteiger charge is 2.27. The van der Waals surface area contributed by atoms with Crippen LogP contribution in [0.4, 0.5) is 5.82 Å². The molecule has 1 heterocycles. The summed E-state index contributed by atoms with van der Waals surface area (Å²) in [6.45, 7) is 8.71. The molecule has 0 radical (unpaired) electrons. The van der Waals surface area contributed by atoms with Crippen LogP contribution in [0, 0.1) is 25.7 Å². The Hall–Kier alpha value is -1.12. The van der Waals surface area contributed by atoms with Crippen LogP contribution in [0.1, 0.15) is 44.5 Å². The summed E-state index contributed by atoms with van der Waals surface area (Å²) in [6.07, 6.45) is 5.76. The molecule has 1 aromatic heterocycles. The monoisotopic (exact) mass is 233 g/mol. The SMILES string of the molecule is Cc1cnc(C)c(N[C@@H]2CCC[C@H](C)[C@@H]2C)n1. The highest BCUT2D eigenvalue weighted by atomic mass is 15.0. The number of nitrogens with one attached hydrogen (secondary N) is 1. The quantitative estimate of drug-likeness (QED) is 0.851. The molecule has 0 spiro atoms. The molecule has 1 aliphatic carbocycles. The van der Waals surface area contributed by atoms with Gasteiger partial charge in [0.1, 0.15) is 5.82 Å². The Bertz CT molecular complexity index is 389. The average Bonchev–Trinajstić information content (AvgIpc) is 2.30. The van der Waals surface area contributed by atoms with Gasteiger partial charge < -0.3 is 5.32 Å². The average molecular weight is 233 g/mol. The molecule has 3 heteroatoms. The van der Waals surface area contributed by atoms with Crippen LogP contribution in [0.5, 0.6) is 0 Å². The van der Waals surface area contributed by atoms with Crippen LogP contribution in [0.3, 0.4) is 0 Å². The maximum Gasteiger partial charge on any atom is 0.147 e. The Morgan fingerprint density at radius 3 is 2.76 bits per heavy atom. The van der Waals surface area contributed by atoms with Gasteiger partial charge in [0.25, 0.3) is 0 Å². The summed E-state index contributed by atoms with van der Waals surface area (Å²) in [5.74, 6) is 2.49. The lowest BCUT2D eigenvalue weighted by atomic mass is 9.78. The van der Waals surface area contributed by atoms with E-state index < -0.39 is 0 Å². The van der Waals surface area contributed by atoms with Gasteiger partial charge in [-0.1, -0.05) is 26.7 Å². The van der Waals surface area contributed by atoms with Crippen molar-refractivity contribution in [1.82, 2.24) is 9.97 Å². The van der Waals surface area contributed by atoms with E-state index in [0.717, 1.165) is 23.1 Å². The molecule has 0 amide bonds. The van der Waals surface area contributed by atoms with Crippen molar-refractivity contribution in [3.05, 3.63) is 17.6 Å². The zero-order chi connectivity index (χ0) is 12.4. The molecule has 0 saturated heterocycles. The van der Waals surface area contributed by atoms with E-state index in [9.17, 15) is 0 Å². The summed E-state index contributed by atoms with van der Waals surface area (Å²) >= 11 is 0. The first kappa shape index (κ1) is 12.3. The molecule has 1 saturated carbocycles. The minimum absolute atomic E-state index is 0.550. The van der Waals surface area contributed by atoms with Crippen LogP contribution < -0.4 is 5.32 Å². The number of aryl methyl sites for hydroxylation is 2. The first-order valence-electron chi connectivity index (χ1n) is 6.64. The van der Waals surface area contributed by atoms with Crippen molar-refractivity contribution in [1.29, 1.82) is 0 Å². The lowest BCUT2D eigenvalue weighted by Crippen LogP contribution is -2.35. The van der Waals surface area contributed by atoms with E-state index >= 15 is 0 Å². The maximum atomic E-state index is 4.55. The molecule has 1 aliphatic rings. The lowest BCUT2D eigenvalue weighted by Gasteiger charge is -2.35. The number of hydrogen-bond donors (Lipinski definition) is 1. The van der Waals surface area contributed by atoms with E-state index in [1.807, 2.05) is 20.0 Å². The number of aromatic nitrogens is 2. The third-order valence-electron chi connectivity index (χ3n) is 4.10. The zero-order valence-electron chi connectivity index (χ0n) is 11.3. The zero-order valence-corrected chi connectivity index (χ0v) is 11.3. The van der Waals surface area contributed by atoms with Crippen molar-refractivity contribution in [3.8, 4) is 0 Å². The second kappa shape index (κ2) is 5.03. The second-order valence-electron chi connectivity index (χ2n) is 5.46. The normalized spacial score (nSPS) is 29.1. The molecule has 1 N–H and O–H groups in total. The van der Waals surface area contributed by atoms with Gasteiger partial charge >= 0.3 is 0 Å². The molecule has 1 fully saturated rings. The van der Waals surface area contributed by atoms with Gasteiger partial charge in [-0.05, 0) is 32.1 Å².